The van der Waals surface area contributed by atoms with Gasteiger partial charge in [-0.15, -0.1) is 0 Å². The summed E-state index contributed by atoms with van der Waals surface area (Å²) in [5, 5.41) is 10.00. The molecule has 4 heteroatoms. The van der Waals surface area contributed by atoms with E-state index in [1.807, 2.05) is 6.07 Å². The molecule has 1 aromatic carbocycles. The summed E-state index contributed by atoms with van der Waals surface area (Å²) in [6.07, 6.45) is 3.93. The van der Waals surface area contributed by atoms with Gasteiger partial charge < -0.3 is 9.84 Å². The van der Waals surface area contributed by atoms with Crippen LogP contribution in [0.15, 0.2) is 12.1 Å². The average Bonchev–Trinajstić information content (AvgIpc) is 2.62. The molecule has 0 radical (unpaired) electrons. The summed E-state index contributed by atoms with van der Waals surface area (Å²) in [6, 6.07) is 4.74. The highest BCUT2D eigenvalue weighted by Crippen LogP contribution is 2.52. The molecule has 122 valence electrons. The molecular weight excluding hydrogens is 389 g/mol. The molecule has 0 unspecified atom stereocenters. The van der Waals surface area contributed by atoms with E-state index in [2.05, 4.69) is 54.3 Å². The van der Waals surface area contributed by atoms with E-state index in [0.717, 1.165) is 10.1 Å². The van der Waals surface area contributed by atoms with Gasteiger partial charge in [0.15, 0.2) is 11.5 Å². The van der Waals surface area contributed by atoms with Crippen LogP contribution in [0.25, 0.3) is 0 Å². The van der Waals surface area contributed by atoms with E-state index in [1.165, 1.54) is 31.4 Å². The summed E-state index contributed by atoms with van der Waals surface area (Å²) < 4.78 is 6.16. The van der Waals surface area contributed by atoms with Crippen LogP contribution in [0.2, 0.25) is 0 Å². The Morgan fingerprint density at radius 3 is 2.73 bits per heavy atom. The first-order valence-electron chi connectivity index (χ1n) is 8.01. The highest BCUT2D eigenvalue weighted by atomic mass is 127. The zero-order valence-corrected chi connectivity index (χ0v) is 16.1. The number of rotatable bonds is 3. The number of benzene rings is 1. The Bertz CT molecular complexity index is 587. The summed E-state index contributed by atoms with van der Waals surface area (Å²) in [5.41, 5.74) is 2.14. The van der Waals surface area contributed by atoms with Gasteiger partial charge in [-0.25, -0.2) is 0 Å². The van der Waals surface area contributed by atoms with Crippen LogP contribution < -0.4 is 4.74 Å². The molecule has 2 fully saturated rings. The van der Waals surface area contributed by atoms with Gasteiger partial charge in [0, 0.05) is 19.1 Å². The van der Waals surface area contributed by atoms with Crippen molar-refractivity contribution in [3.05, 3.63) is 21.3 Å². The number of fused-ring (bicyclic) bond motifs is 2. The highest BCUT2D eigenvalue weighted by Gasteiger charge is 2.49. The lowest BCUT2D eigenvalue weighted by Gasteiger charge is -2.40. The molecule has 1 saturated heterocycles. The normalized spacial score (nSPS) is 30.5. The van der Waals surface area contributed by atoms with Crippen molar-refractivity contribution in [2.45, 2.75) is 52.6 Å². The number of likely N-dealkylation sites (tertiary alicyclic amines) is 1. The Kier molecular flexibility index (Phi) is 4.13. The molecule has 1 heterocycles. The van der Waals surface area contributed by atoms with Crippen molar-refractivity contribution in [2.75, 3.05) is 13.7 Å². The van der Waals surface area contributed by atoms with E-state index in [9.17, 15) is 5.11 Å². The lowest BCUT2D eigenvalue weighted by molar-refractivity contribution is 0.126. The topological polar surface area (TPSA) is 32.7 Å². The summed E-state index contributed by atoms with van der Waals surface area (Å²) in [7, 11) is 1.61. The lowest BCUT2D eigenvalue weighted by Crippen LogP contribution is -2.34. The van der Waals surface area contributed by atoms with Crippen LogP contribution in [0.5, 0.6) is 11.5 Å². The maximum atomic E-state index is 10.00. The van der Waals surface area contributed by atoms with Crippen molar-refractivity contribution in [1.82, 2.24) is 4.90 Å². The smallest absolute Gasteiger partial charge is 0.171 e. The third-order valence-corrected chi connectivity index (χ3v) is 6.04. The van der Waals surface area contributed by atoms with Gasteiger partial charge in [0.05, 0.1) is 10.7 Å². The molecule has 1 aromatic rings. The standard InChI is InChI=1S/C18H26INO2/c1-17(2)7-13-8-18(3,10-17)11-20(13)9-12-5-14(19)16(21)15(6-12)22-4/h5-6,13,21H,7-11H2,1-4H3/t13-,18-/m0/s1. The maximum Gasteiger partial charge on any atom is 0.171 e. The van der Waals surface area contributed by atoms with Gasteiger partial charge in [-0.05, 0) is 70.4 Å². The molecule has 1 aliphatic heterocycles. The predicted molar refractivity (Wildman–Crippen MR) is 97.3 cm³/mol. The zero-order valence-electron chi connectivity index (χ0n) is 13.9. The van der Waals surface area contributed by atoms with Crippen LogP contribution in [-0.2, 0) is 6.54 Å². The Morgan fingerprint density at radius 2 is 2.05 bits per heavy atom. The fraction of sp³-hybridized carbons (Fsp3) is 0.667. The number of nitrogens with zero attached hydrogens (tertiary/aromatic N) is 1. The molecule has 2 atom stereocenters. The van der Waals surface area contributed by atoms with E-state index in [4.69, 9.17) is 4.74 Å². The quantitative estimate of drug-likeness (QED) is 0.743. The summed E-state index contributed by atoms with van der Waals surface area (Å²) in [5.74, 6) is 0.829. The Hall–Kier alpha value is -0.490. The molecule has 3 nitrogen and oxygen atoms in total. The number of hydrogen-bond acceptors (Lipinski definition) is 3. The van der Waals surface area contributed by atoms with Crippen LogP contribution in [0.1, 0.15) is 45.6 Å². The van der Waals surface area contributed by atoms with Gasteiger partial charge >= 0.3 is 0 Å². The van der Waals surface area contributed by atoms with Crippen LogP contribution in [0.4, 0.5) is 0 Å². The van der Waals surface area contributed by atoms with Gasteiger partial charge in [-0.3, -0.25) is 4.90 Å². The fourth-order valence-corrected chi connectivity index (χ4v) is 5.54. The van der Waals surface area contributed by atoms with Crippen molar-refractivity contribution in [3.8, 4) is 11.5 Å². The van der Waals surface area contributed by atoms with Crippen LogP contribution in [0.3, 0.4) is 0 Å². The van der Waals surface area contributed by atoms with Gasteiger partial charge in [0.2, 0.25) is 0 Å². The fourth-order valence-electron chi connectivity index (χ4n) is 4.87. The molecule has 1 saturated carbocycles. The number of methoxy groups -OCH3 is 1. The molecular formula is C18H26INO2. The van der Waals surface area contributed by atoms with Crippen molar-refractivity contribution >= 4 is 22.6 Å². The second-order valence-corrected chi connectivity index (χ2v) is 9.41. The van der Waals surface area contributed by atoms with E-state index in [1.54, 1.807) is 7.11 Å². The molecule has 2 aliphatic rings. The molecule has 0 amide bonds. The largest absolute Gasteiger partial charge is 0.504 e. The number of phenolic OH excluding ortho intramolecular Hbond substituents is 1. The first-order chi connectivity index (χ1) is 10.2. The zero-order chi connectivity index (χ0) is 16.1. The third-order valence-electron chi connectivity index (χ3n) is 5.22. The molecule has 2 bridgehead atoms. The predicted octanol–water partition coefficient (Wildman–Crippen LogP) is 4.41. The molecule has 3 rings (SSSR count). The van der Waals surface area contributed by atoms with Crippen LogP contribution in [-0.4, -0.2) is 29.7 Å². The molecule has 1 aliphatic carbocycles. The van der Waals surface area contributed by atoms with E-state index in [-0.39, 0.29) is 5.75 Å². The van der Waals surface area contributed by atoms with Crippen molar-refractivity contribution in [1.29, 1.82) is 0 Å². The lowest BCUT2D eigenvalue weighted by atomic mass is 9.65. The number of ether oxygens (including phenoxy) is 1. The first-order valence-corrected chi connectivity index (χ1v) is 9.09. The highest BCUT2D eigenvalue weighted by molar-refractivity contribution is 14.1. The Labute approximate surface area is 147 Å². The third kappa shape index (κ3) is 3.09. The van der Waals surface area contributed by atoms with Crippen molar-refractivity contribution < 1.29 is 9.84 Å². The van der Waals surface area contributed by atoms with Gasteiger partial charge in [0.1, 0.15) is 0 Å². The van der Waals surface area contributed by atoms with E-state index >= 15 is 0 Å². The summed E-state index contributed by atoms with van der Waals surface area (Å²) >= 11 is 2.18. The van der Waals surface area contributed by atoms with Gasteiger partial charge in [-0.1, -0.05) is 20.8 Å². The molecule has 22 heavy (non-hydrogen) atoms. The second-order valence-electron chi connectivity index (χ2n) is 8.25. The minimum absolute atomic E-state index is 0.250. The van der Waals surface area contributed by atoms with Crippen LogP contribution in [0, 0.1) is 14.4 Å². The minimum atomic E-state index is 0.250. The number of halogens is 1. The second kappa shape index (κ2) is 5.55. The molecule has 1 N–H and O–H groups in total. The monoisotopic (exact) mass is 415 g/mol. The Morgan fingerprint density at radius 1 is 1.32 bits per heavy atom. The van der Waals surface area contributed by atoms with Crippen molar-refractivity contribution in [2.24, 2.45) is 10.8 Å². The number of hydrogen-bond donors (Lipinski definition) is 1. The SMILES string of the molecule is COc1cc(CN2C[C@@]3(C)C[C@@H]2CC(C)(C)C3)cc(I)c1O. The van der Waals surface area contributed by atoms with Crippen LogP contribution >= 0.6 is 22.6 Å². The first kappa shape index (κ1) is 16.4. The van der Waals surface area contributed by atoms with E-state index < -0.39 is 0 Å². The van der Waals surface area contributed by atoms with Gasteiger partial charge in [0.25, 0.3) is 0 Å². The minimum Gasteiger partial charge on any atom is -0.504 e. The molecule has 0 aromatic heterocycles. The van der Waals surface area contributed by atoms with E-state index in [0.29, 0.717) is 22.6 Å². The van der Waals surface area contributed by atoms with Crippen molar-refractivity contribution in [3.63, 3.8) is 0 Å². The molecule has 0 spiro atoms. The summed E-state index contributed by atoms with van der Waals surface area (Å²) in [4.78, 5) is 2.64. The van der Waals surface area contributed by atoms with Gasteiger partial charge in [-0.2, -0.15) is 0 Å². The summed E-state index contributed by atoms with van der Waals surface area (Å²) in [6.45, 7) is 9.40. The average molecular weight is 415 g/mol. The number of phenols is 1. The number of aromatic hydroxyl groups is 1. The maximum absolute atomic E-state index is 10.00. The Balaban J connectivity index is 1.81.